The fourth-order valence-corrected chi connectivity index (χ4v) is 6.60. The summed E-state index contributed by atoms with van der Waals surface area (Å²) >= 11 is 15.5. The summed E-state index contributed by atoms with van der Waals surface area (Å²) in [7, 11) is -3.73. The molecule has 0 aromatic heterocycles. The maximum Gasteiger partial charge on any atom is 0.257 e. The third kappa shape index (κ3) is 4.78. The Morgan fingerprint density at radius 3 is 2.34 bits per heavy atom. The molecule has 1 amide bonds. The van der Waals surface area contributed by atoms with Crippen LogP contribution in [0.2, 0.25) is 10.0 Å². The Morgan fingerprint density at radius 1 is 1.08 bits per heavy atom. The van der Waals surface area contributed by atoms with Crippen LogP contribution >= 0.6 is 39.1 Å². The molecule has 0 spiro atoms. The molecule has 3 aromatic rings. The Kier molecular flexibility index (Phi) is 7.16. The zero-order chi connectivity index (χ0) is 27.5. The van der Waals surface area contributed by atoms with Gasteiger partial charge in [-0.1, -0.05) is 57.3 Å². The summed E-state index contributed by atoms with van der Waals surface area (Å²) in [4.78, 5) is 15.3. The molecule has 200 valence electrons. The van der Waals surface area contributed by atoms with Gasteiger partial charge >= 0.3 is 0 Å². The van der Waals surface area contributed by atoms with Crippen molar-refractivity contribution in [2.75, 3.05) is 19.5 Å². The first-order valence-corrected chi connectivity index (χ1v) is 15.2. The largest absolute Gasteiger partial charge is 0.396 e. The number of carbonyl (C=O) groups excluding carboxylic acids is 1. The van der Waals surface area contributed by atoms with E-state index in [9.17, 15) is 18.3 Å². The Bertz CT molecular complexity index is 1550. The summed E-state index contributed by atoms with van der Waals surface area (Å²) in [6, 6.07) is 13.7. The van der Waals surface area contributed by atoms with E-state index in [2.05, 4.69) is 15.9 Å². The van der Waals surface area contributed by atoms with E-state index < -0.39 is 32.7 Å². The molecule has 0 saturated heterocycles. The molecule has 0 radical (unpaired) electrons. The van der Waals surface area contributed by atoms with E-state index >= 15 is 4.39 Å². The summed E-state index contributed by atoms with van der Waals surface area (Å²) in [5, 5.41) is 10.6. The van der Waals surface area contributed by atoms with Crippen LogP contribution in [0, 0.1) is 11.2 Å². The van der Waals surface area contributed by atoms with Crippen molar-refractivity contribution in [3.8, 4) is 0 Å². The second-order valence-electron chi connectivity index (χ2n) is 9.82. The summed E-state index contributed by atoms with van der Waals surface area (Å²) in [6.07, 6.45) is 2.50. The highest BCUT2D eigenvalue weighted by molar-refractivity contribution is 9.10. The van der Waals surface area contributed by atoms with E-state index in [-0.39, 0.29) is 40.8 Å². The van der Waals surface area contributed by atoms with Crippen LogP contribution in [0.15, 0.2) is 64.0 Å². The van der Waals surface area contributed by atoms with Gasteiger partial charge in [0, 0.05) is 31.8 Å². The first-order chi connectivity index (χ1) is 17.9. The van der Waals surface area contributed by atoms with Crippen molar-refractivity contribution in [1.82, 2.24) is 4.90 Å². The molecule has 1 saturated carbocycles. The zero-order valence-electron chi connectivity index (χ0n) is 20.2. The smallest absolute Gasteiger partial charge is 0.257 e. The number of sulfone groups is 1. The highest BCUT2D eigenvalue weighted by atomic mass is 79.9. The number of carbonyl (C=O) groups is 1. The standard InChI is InChI=1S/C27H23BrCl2FNO5S/c1-38(35,36)23-12-20(30)5-2-16(23)13-32-25(34)21-10-18(28)11-22(31)24(21)27(32,17-3-6-19(29)7-4-17)37-15-26(14-33)8-9-26/h2-7,10-12,33H,8-9,13-15H2,1H3/t27-/m1/s1. The molecule has 1 fully saturated rings. The average Bonchev–Trinajstić information content (AvgIpc) is 3.60. The van der Waals surface area contributed by atoms with Crippen molar-refractivity contribution < 1.29 is 27.4 Å². The number of amides is 1. The molecule has 0 unspecified atom stereocenters. The number of benzene rings is 3. The fourth-order valence-electron chi connectivity index (χ4n) is 4.86. The molecule has 38 heavy (non-hydrogen) atoms. The first-order valence-electron chi connectivity index (χ1n) is 11.7. The molecule has 1 atom stereocenters. The summed E-state index contributed by atoms with van der Waals surface area (Å²) in [6.45, 7) is -0.300. The average molecular weight is 643 g/mol. The van der Waals surface area contributed by atoms with Crippen molar-refractivity contribution in [2.45, 2.75) is 30.0 Å². The van der Waals surface area contributed by atoms with Gasteiger partial charge in [-0.15, -0.1) is 0 Å². The fraction of sp³-hybridized carbons (Fsp3) is 0.296. The van der Waals surface area contributed by atoms with E-state index in [1.165, 1.54) is 35.2 Å². The van der Waals surface area contributed by atoms with Gasteiger partial charge in [-0.25, -0.2) is 12.8 Å². The molecular formula is C27H23BrCl2FNO5S. The topological polar surface area (TPSA) is 83.9 Å². The number of halogens is 4. The number of aliphatic hydroxyl groups is 1. The second-order valence-corrected chi connectivity index (χ2v) is 13.6. The molecule has 0 bridgehead atoms. The van der Waals surface area contributed by atoms with E-state index in [4.69, 9.17) is 27.9 Å². The SMILES string of the molecule is CS(=O)(=O)c1cc(Cl)ccc1CN1C(=O)c2cc(Br)cc(F)c2[C@]1(OCC1(CO)CC1)c1ccc(Cl)cc1. The number of fused-ring (bicyclic) bond motifs is 1. The highest BCUT2D eigenvalue weighted by Crippen LogP contribution is 2.52. The maximum atomic E-state index is 15.9. The maximum absolute atomic E-state index is 15.9. The molecule has 3 aromatic carbocycles. The van der Waals surface area contributed by atoms with Gasteiger partial charge in [0.1, 0.15) is 5.82 Å². The predicted octanol–water partition coefficient (Wildman–Crippen LogP) is 5.94. The van der Waals surface area contributed by atoms with Crippen LogP contribution in [0.3, 0.4) is 0 Å². The van der Waals surface area contributed by atoms with Gasteiger partial charge in [0.15, 0.2) is 15.6 Å². The number of ether oxygens (including phenoxy) is 1. The van der Waals surface area contributed by atoms with Crippen LogP contribution in [0.5, 0.6) is 0 Å². The molecule has 2 aliphatic rings. The minimum atomic E-state index is -3.73. The lowest BCUT2D eigenvalue weighted by Crippen LogP contribution is -2.48. The third-order valence-corrected chi connectivity index (χ3v) is 9.25. The van der Waals surface area contributed by atoms with Crippen LogP contribution < -0.4 is 0 Å². The third-order valence-electron chi connectivity index (χ3n) is 7.12. The molecule has 1 aliphatic carbocycles. The van der Waals surface area contributed by atoms with Crippen LogP contribution in [-0.2, 0) is 26.8 Å². The minimum absolute atomic E-state index is 0.0108. The van der Waals surface area contributed by atoms with Crippen LogP contribution in [0.4, 0.5) is 4.39 Å². The van der Waals surface area contributed by atoms with E-state index in [1.807, 2.05) is 0 Å². The summed E-state index contributed by atoms with van der Waals surface area (Å²) < 4.78 is 48.1. The van der Waals surface area contributed by atoms with Crippen LogP contribution in [0.1, 0.15) is 39.9 Å². The van der Waals surface area contributed by atoms with Crippen LogP contribution in [0.25, 0.3) is 0 Å². The normalized spacial score (nSPS) is 20.1. The van der Waals surface area contributed by atoms with Gasteiger partial charge in [-0.3, -0.25) is 9.69 Å². The Morgan fingerprint density at radius 2 is 1.74 bits per heavy atom. The van der Waals surface area contributed by atoms with E-state index in [0.717, 1.165) is 19.1 Å². The molecule has 1 N–H and O–H groups in total. The highest BCUT2D eigenvalue weighted by Gasteiger charge is 2.56. The van der Waals surface area contributed by atoms with Crippen molar-refractivity contribution in [3.63, 3.8) is 0 Å². The number of aliphatic hydroxyl groups excluding tert-OH is 1. The Balaban J connectivity index is 1.76. The van der Waals surface area contributed by atoms with E-state index in [0.29, 0.717) is 20.6 Å². The second kappa shape index (κ2) is 9.87. The van der Waals surface area contributed by atoms with Crippen molar-refractivity contribution in [2.24, 2.45) is 5.41 Å². The Labute approximate surface area is 238 Å². The lowest BCUT2D eigenvalue weighted by atomic mass is 9.92. The monoisotopic (exact) mass is 641 g/mol. The number of nitrogens with zero attached hydrogens (tertiary/aromatic N) is 1. The quantitative estimate of drug-likeness (QED) is 0.329. The summed E-state index contributed by atoms with van der Waals surface area (Å²) in [5.74, 6) is -1.22. The van der Waals surface area contributed by atoms with Gasteiger partial charge in [-0.05, 0) is 54.8 Å². The van der Waals surface area contributed by atoms with Gasteiger partial charge < -0.3 is 9.84 Å². The Hall–Kier alpha value is -2.01. The molecule has 6 nitrogen and oxygen atoms in total. The lowest BCUT2D eigenvalue weighted by Gasteiger charge is -2.40. The predicted molar refractivity (Wildman–Crippen MR) is 145 cm³/mol. The zero-order valence-corrected chi connectivity index (χ0v) is 24.1. The molecular weight excluding hydrogens is 620 g/mol. The molecule has 5 rings (SSSR count). The van der Waals surface area contributed by atoms with Crippen molar-refractivity contribution >= 4 is 54.9 Å². The first kappa shape index (κ1) is 27.6. The molecule has 1 heterocycles. The number of hydrogen-bond donors (Lipinski definition) is 1. The summed E-state index contributed by atoms with van der Waals surface area (Å²) in [5.41, 5.74) is -1.45. The molecule has 1 aliphatic heterocycles. The van der Waals surface area contributed by atoms with Crippen LogP contribution in [-0.4, -0.2) is 43.8 Å². The van der Waals surface area contributed by atoms with Gasteiger partial charge in [-0.2, -0.15) is 0 Å². The lowest BCUT2D eigenvalue weighted by molar-refractivity contribution is -0.130. The number of rotatable bonds is 8. The number of hydrogen-bond acceptors (Lipinski definition) is 5. The van der Waals surface area contributed by atoms with Crippen molar-refractivity contribution in [1.29, 1.82) is 0 Å². The van der Waals surface area contributed by atoms with Crippen molar-refractivity contribution in [3.05, 3.63) is 97.2 Å². The molecule has 11 heteroatoms. The minimum Gasteiger partial charge on any atom is -0.396 e. The van der Waals surface area contributed by atoms with Gasteiger partial charge in [0.2, 0.25) is 0 Å². The van der Waals surface area contributed by atoms with Gasteiger partial charge in [0.25, 0.3) is 5.91 Å². The van der Waals surface area contributed by atoms with Gasteiger partial charge in [0.05, 0.1) is 35.8 Å². The van der Waals surface area contributed by atoms with E-state index in [1.54, 1.807) is 24.3 Å².